The lowest BCUT2D eigenvalue weighted by atomic mass is 10.1. The Morgan fingerprint density at radius 3 is 2.81 bits per heavy atom. The largest absolute Gasteiger partial charge is 0.481 e. The molecule has 0 saturated heterocycles. The Morgan fingerprint density at radius 2 is 2.24 bits per heavy atom. The van der Waals surface area contributed by atoms with Gasteiger partial charge in [0.1, 0.15) is 0 Å². The van der Waals surface area contributed by atoms with Gasteiger partial charge >= 0.3 is 0 Å². The molecule has 21 heavy (non-hydrogen) atoms. The highest BCUT2D eigenvalue weighted by Gasteiger charge is 2.19. The molecule has 2 aromatic heterocycles. The molecular weight excluding hydrogens is 290 g/mol. The molecule has 0 fully saturated rings. The molecule has 2 heterocycles. The molecule has 0 saturated carbocycles. The maximum atomic E-state index is 6.25. The van der Waals surface area contributed by atoms with Gasteiger partial charge in [-0.05, 0) is 18.4 Å². The smallest absolute Gasteiger partial charge is 0.212 e. The van der Waals surface area contributed by atoms with Gasteiger partial charge in [0, 0.05) is 18.8 Å². The Hall–Kier alpha value is -1.63. The van der Waals surface area contributed by atoms with Crippen LogP contribution in [-0.4, -0.2) is 21.9 Å². The summed E-state index contributed by atoms with van der Waals surface area (Å²) in [6.07, 6.45) is 5.08. The minimum atomic E-state index is -0.123. The number of methoxy groups -OCH3 is 1. The Labute approximate surface area is 129 Å². The molecule has 0 aliphatic heterocycles. The first-order chi connectivity index (χ1) is 10.2. The van der Waals surface area contributed by atoms with Crippen LogP contribution in [0.3, 0.4) is 0 Å². The van der Waals surface area contributed by atoms with E-state index in [4.69, 9.17) is 22.2 Å². The Kier molecular flexibility index (Phi) is 5.55. The summed E-state index contributed by atoms with van der Waals surface area (Å²) in [5.74, 6) is 6.29. The van der Waals surface area contributed by atoms with E-state index in [0.29, 0.717) is 17.3 Å². The summed E-state index contributed by atoms with van der Waals surface area (Å²) < 4.78 is 6.95. The van der Waals surface area contributed by atoms with Gasteiger partial charge in [-0.2, -0.15) is 5.10 Å². The number of rotatable bonds is 7. The molecule has 0 aliphatic rings. The van der Waals surface area contributed by atoms with Crippen molar-refractivity contribution in [2.45, 2.75) is 32.4 Å². The summed E-state index contributed by atoms with van der Waals surface area (Å²) in [6.45, 7) is 2.90. The molecule has 1 atom stereocenters. The van der Waals surface area contributed by atoms with Crippen molar-refractivity contribution in [3.63, 3.8) is 0 Å². The van der Waals surface area contributed by atoms with Gasteiger partial charge < -0.3 is 4.74 Å². The van der Waals surface area contributed by atoms with Gasteiger partial charge in [-0.3, -0.25) is 16.0 Å². The van der Waals surface area contributed by atoms with Gasteiger partial charge in [0.25, 0.3) is 0 Å². The highest BCUT2D eigenvalue weighted by Crippen LogP contribution is 2.25. The van der Waals surface area contributed by atoms with Crippen LogP contribution in [0.25, 0.3) is 0 Å². The van der Waals surface area contributed by atoms with Gasteiger partial charge in [0.2, 0.25) is 5.88 Å². The molecule has 0 aromatic carbocycles. The third-order valence-corrected chi connectivity index (χ3v) is 3.54. The molecule has 2 rings (SSSR count). The lowest BCUT2D eigenvalue weighted by Crippen LogP contribution is -2.31. The summed E-state index contributed by atoms with van der Waals surface area (Å²) in [5.41, 5.74) is 4.76. The fourth-order valence-electron chi connectivity index (χ4n) is 2.23. The number of aryl methyl sites for hydroxylation is 1. The first kappa shape index (κ1) is 15.8. The zero-order chi connectivity index (χ0) is 15.2. The summed E-state index contributed by atoms with van der Waals surface area (Å²) in [5, 5.41) is 4.92. The molecule has 2 aromatic rings. The van der Waals surface area contributed by atoms with Crippen LogP contribution in [0.4, 0.5) is 0 Å². The zero-order valence-electron chi connectivity index (χ0n) is 12.2. The highest BCUT2D eigenvalue weighted by molar-refractivity contribution is 6.31. The third-order valence-electron chi connectivity index (χ3n) is 3.25. The van der Waals surface area contributed by atoms with E-state index in [1.165, 1.54) is 0 Å². The third kappa shape index (κ3) is 3.72. The molecule has 7 heteroatoms. The van der Waals surface area contributed by atoms with E-state index in [-0.39, 0.29) is 6.04 Å². The van der Waals surface area contributed by atoms with Gasteiger partial charge in [-0.15, -0.1) is 0 Å². The van der Waals surface area contributed by atoms with E-state index in [0.717, 1.165) is 24.2 Å². The minimum Gasteiger partial charge on any atom is -0.481 e. The lowest BCUT2D eigenvalue weighted by Gasteiger charge is -2.18. The van der Waals surface area contributed by atoms with Crippen molar-refractivity contribution < 1.29 is 4.74 Å². The standard InChI is InChI=1S/C14H20ClN5O/c1-3-6-20-14(11(15)9-18-20)12(19-16)7-10-4-5-13(21-2)17-8-10/h4-5,8-9,12,19H,3,6-7,16H2,1-2H3. The van der Waals surface area contributed by atoms with E-state index in [1.807, 2.05) is 16.8 Å². The SMILES string of the molecule is CCCn1ncc(Cl)c1C(Cc1ccc(OC)nc1)NN. The summed E-state index contributed by atoms with van der Waals surface area (Å²) in [7, 11) is 1.59. The molecule has 0 aliphatic carbocycles. The second-order valence-corrected chi connectivity index (χ2v) is 5.14. The Bertz CT molecular complexity index is 569. The number of hydrazine groups is 1. The zero-order valence-corrected chi connectivity index (χ0v) is 13.0. The van der Waals surface area contributed by atoms with Gasteiger partial charge in [-0.25, -0.2) is 4.98 Å². The van der Waals surface area contributed by atoms with Crippen LogP contribution >= 0.6 is 11.6 Å². The van der Waals surface area contributed by atoms with Crippen LogP contribution in [0.2, 0.25) is 5.02 Å². The molecule has 0 bridgehead atoms. The fourth-order valence-corrected chi connectivity index (χ4v) is 2.50. The second-order valence-electron chi connectivity index (χ2n) is 4.73. The van der Waals surface area contributed by atoms with Crippen LogP contribution in [0.5, 0.6) is 5.88 Å². The first-order valence-corrected chi connectivity index (χ1v) is 7.23. The van der Waals surface area contributed by atoms with Crippen molar-refractivity contribution in [2.75, 3.05) is 7.11 Å². The highest BCUT2D eigenvalue weighted by atomic mass is 35.5. The maximum absolute atomic E-state index is 6.25. The molecule has 1 unspecified atom stereocenters. The van der Waals surface area contributed by atoms with Crippen LogP contribution in [0, 0.1) is 0 Å². The van der Waals surface area contributed by atoms with Crippen molar-refractivity contribution in [2.24, 2.45) is 5.84 Å². The predicted molar refractivity (Wildman–Crippen MR) is 82.1 cm³/mol. The monoisotopic (exact) mass is 309 g/mol. The number of nitrogens with two attached hydrogens (primary N) is 1. The average Bonchev–Trinajstić information content (AvgIpc) is 2.87. The Morgan fingerprint density at radius 1 is 1.43 bits per heavy atom. The number of ether oxygens (including phenoxy) is 1. The first-order valence-electron chi connectivity index (χ1n) is 6.85. The molecular formula is C14H20ClN5O. The van der Waals surface area contributed by atoms with E-state index < -0.39 is 0 Å². The number of nitrogens with zero attached hydrogens (tertiary/aromatic N) is 3. The van der Waals surface area contributed by atoms with Crippen molar-refractivity contribution in [1.29, 1.82) is 0 Å². The molecule has 0 spiro atoms. The van der Waals surface area contributed by atoms with Crippen LogP contribution in [0.15, 0.2) is 24.5 Å². The summed E-state index contributed by atoms with van der Waals surface area (Å²) in [6, 6.07) is 3.67. The summed E-state index contributed by atoms with van der Waals surface area (Å²) >= 11 is 6.25. The molecule has 3 N–H and O–H groups in total. The predicted octanol–water partition coefficient (Wildman–Crippen LogP) is 2.10. The number of hydrogen-bond acceptors (Lipinski definition) is 5. The van der Waals surface area contributed by atoms with E-state index >= 15 is 0 Å². The molecule has 6 nitrogen and oxygen atoms in total. The van der Waals surface area contributed by atoms with E-state index in [1.54, 1.807) is 19.5 Å². The topological polar surface area (TPSA) is 78.0 Å². The summed E-state index contributed by atoms with van der Waals surface area (Å²) in [4.78, 5) is 4.20. The van der Waals surface area contributed by atoms with Crippen molar-refractivity contribution >= 4 is 11.6 Å². The number of pyridine rings is 1. The van der Waals surface area contributed by atoms with Gasteiger partial charge in [0.05, 0.1) is 30.1 Å². The number of halogens is 1. The number of aromatic nitrogens is 3. The van der Waals surface area contributed by atoms with Gasteiger partial charge in [0.15, 0.2) is 0 Å². The Balaban J connectivity index is 2.21. The normalized spacial score (nSPS) is 12.4. The quantitative estimate of drug-likeness (QED) is 0.605. The van der Waals surface area contributed by atoms with E-state index in [9.17, 15) is 0 Å². The lowest BCUT2D eigenvalue weighted by molar-refractivity contribution is 0.397. The fraction of sp³-hybridized carbons (Fsp3) is 0.429. The van der Waals surface area contributed by atoms with Crippen LogP contribution < -0.4 is 16.0 Å². The van der Waals surface area contributed by atoms with Crippen molar-refractivity contribution in [1.82, 2.24) is 20.2 Å². The minimum absolute atomic E-state index is 0.123. The average molecular weight is 310 g/mol. The number of nitrogens with one attached hydrogen (secondary N) is 1. The molecule has 0 radical (unpaired) electrons. The number of hydrogen-bond donors (Lipinski definition) is 2. The second kappa shape index (κ2) is 7.40. The molecule has 0 amide bonds. The van der Waals surface area contributed by atoms with Crippen molar-refractivity contribution in [3.8, 4) is 5.88 Å². The van der Waals surface area contributed by atoms with Crippen LogP contribution in [0.1, 0.15) is 30.6 Å². The van der Waals surface area contributed by atoms with Crippen LogP contribution in [-0.2, 0) is 13.0 Å². The van der Waals surface area contributed by atoms with E-state index in [2.05, 4.69) is 22.4 Å². The van der Waals surface area contributed by atoms with Gasteiger partial charge in [-0.1, -0.05) is 24.6 Å². The van der Waals surface area contributed by atoms with Crippen molar-refractivity contribution in [3.05, 3.63) is 40.8 Å². The molecule has 114 valence electrons. The maximum Gasteiger partial charge on any atom is 0.212 e.